The zero-order valence-electron chi connectivity index (χ0n) is 21.3. The van der Waals surface area contributed by atoms with Crippen LogP contribution >= 0.6 is 11.6 Å². The van der Waals surface area contributed by atoms with Crippen LogP contribution in [0.1, 0.15) is 29.7 Å². The van der Waals surface area contributed by atoms with Gasteiger partial charge in [0, 0.05) is 24.7 Å². The highest BCUT2D eigenvalue weighted by molar-refractivity contribution is 7.91. The highest BCUT2D eigenvalue weighted by Gasteiger charge is 2.18. The van der Waals surface area contributed by atoms with E-state index in [0.29, 0.717) is 43.4 Å². The maximum absolute atomic E-state index is 13.1. The minimum absolute atomic E-state index is 0.234. The van der Waals surface area contributed by atoms with Crippen LogP contribution in [0.3, 0.4) is 0 Å². The molecule has 4 aromatic rings. The van der Waals surface area contributed by atoms with Crippen molar-refractivity contribution in [3.63, 3.8) is 0 Å². The van der Waals surface area contributed by atoms with Crippen LogP contribution in [0.5, 0.6) is 5.75 Å². The lowest BCUT2D eigenvalue weighted by Gasteiger charge is -2.25. The van der Waals surface area contributed by atoms with Crippen LogP contribution in [0.15, 0.2) is 113 Å². The van der Waals surface area contributed by atoms with E-state index >= 15 is 0 Å². The Morgan fingerprint density at radius 3 is 2.13 bits per heavy atom. The van der Waals surface area contributed by atoms with Crippen LogP contribution < -0.4 is 4.74 Å². The van der Waals surface area contributed by atoms with E-state index in [0.717, 1.165) is 16.7 Å². The Labute approximate surface area is 230 Å². The first-order valence-corrected chi connectivity index (χ1v) is 14.5. The van der Waals surface area contributed by atoms with Crippen LogP contribution in [0.25, 0.3) is 0 Å². The molecule has 0 spiro atoms. The molecule has 4 aromatic carbocycles. The maximum Gasteiger partial charge on any atom is 0.206 e. The molecule has 0 aromatic heterocycles. The average Bonchev–Trinajstić information content (AvgIpc) is 2.93. The Bertz CT molecular complexity index is 1410. The number of aliphatic hydroxyl groups is 1. The van der Waals surface area contributed by atoms with Gasteiger partial charge in [0.2, 0.25) is 9.84 Å². The summed E-state index contributed by atoms with van der Waals surface area (Å²) in [6.45, 7) is 4.23. The van der Waals surface area contributed by atoms with Crippen molar-refractivity contribution < 1.29 is 18.3 Å². The minimum Gasteiger partial charge on any atom is -0.494 e. The van der Waals surface area contributed by atoms with Gasteiger partial charge in [0.1, 0.15) is 5.75 Å². The Hall–Kier alpha value is -3.16. The van der Waals surface area contributed by atoms with E-state index in [1.54, 1.807) is 48.5 Å². The van der Waals surface area contributed by atoms with Crippen molar-refractivity contribution in [1.29, 1.82) is 0 Å². The zero-order chi connectivity index (χ0) is 27.0. The summed E-state index contributed by atoms with van der Waals surface area (Å²) in [4.78, 5) is 2.69. The number of hydrogen-bond acceptors (Lipinski definition) is 5. The molecule has 5 nitrogen and oxygen atoms in total. The number of nitrogens with zero attached hydrogens (tertiary/aromatic N) is 1. The number of halogens is 1. The summed E-state index contributed by atoms with van der Waals surface area (Å²) >= 11 is 6.13. The third kappa shape index (κ3) is 7.45. The normalized spacial score (nSPS) is 12.4. The summed E-state index contributed by atoms with van der Waals surface area (Å²) in [5.74, 6) is 0.641. The molecule has 0 aliphatic rings. The maximum atomic E-state index is 13.1. The fourth-order valence-electron chi connectivity index (χ4n) is 4.28. The molecular formula is C31H32ClNO4S. The van der Waals surface area contributed by atoms with Crippen LogP contribution in [-0.4, -0.2) is 38.1 Å². The van der Waals surface area contributed by atoms with E-state index in [2.05, 4.69) is 17.0 Å². The number of sulfone groups is 1. The minimum atomic E-state index is -3.62. The van der Waals surface area contributed by atoms with Crippen LogP contribution in [0.4, 0.5) is 0 Å². The molecule has 1 unspecified atom stereocenters. The van der Waals surface area contributed by atoms with Crippen LogP contribution in [-0.2, 0) is 22.8 Å². The van der Waals surface area contributed by atoms with E-state index in [9.17, 15) is 13.5 Å². The Balaban J connectivity index is 1.44. The van der Waals surface area contributed by atoms with Gasteiger partial charge >= 0.3 is 0 Å². The van der Waals surface area contributed by atoms with Gasteiger partial charge in [-0.15, -0.1) is 0 Å². The molecule has 0 saturated heterocycles. The molecule has 0 aliphatic heterocycles. The van der Waals surface area contributed by atoms with Gasteiger partial charge in [0.25, 0.3) is 0 Å². The van der Waals surface area contributed by atoms with Crippen molar-refractivity contribution in [3.05, 3.63) is 125 Å². The van der Waals surface area contributed by atoms with E-state index < -0.39 is 15.9 Å². The first-order valence-electron chi connectivity index (χ1n) is 12.6. The Morgan fingerprint density at radius 1 is 0.842 bits per heavy atom. The third-order valence-corrected chi connectivity index (χ3v) is 8.33. The first kappa shape index (κ1) is 27.9. The predicted octanol–water partition coefficient (Wildman–Crippen LogP) is 6.35. The van der Waals surface area contributed by atoms with Crippen molar-refractivity contribution in [2.45, 2.75) is 35.8 Å². The Kier molecular flexibility index (Phi) is 9.58. The number of ether oxygens (including phenoxy) is 1. The Morgan fingerprint density at radius 2 is 1.50 bits per heavy atom. The van der Waals surface area contributed by atoms with Gasteiger partial charge in [-0.3, -0.25) is 4.90 Å². The fourth-order valence-corrected chi connectivity index (χ4v) is 5.74. The fraction of sp³-hybridized carbons (Fsp3) is 0.226. The van der Waals surface area contributed by atoms with E-state index in [4.69, 9.17) is 16.3 Å². The van der Waals surface area contributed by atoms with Crippen molar-refractivity contribution in [1.82, 2.24) is 4.90 Å². The number of aliphatic hydroxyl groups excluding tert-OH is 1. The topological polar surface area (TPSA) is 66.8 Å². The molecule has 1 N–H and O–H groups in total. The molecule has 1 atom stereocenters. The van der Waals surface area contributed by atoms with Gasteiger partial charge in [0.05, 0.1) is 22.5 Å². The molecule has 0 heterocycles. The molecule has 0 saturated carbocycles. The summed E-state index contributed by atoms with van der Waals surface area (Å²) in [6.07, 6.45) is 0.0254. The van der Waals surface area contributed by atoms with Gasteiger partial charge in [-0.25, -0.2) is 8.42 Å². The largest absolute Gasteiger partial charge is 0.494 e. The molecule has 0 amide bonds. The molecule has 198 valence electrons. The van der Waals surface area contributed by atoms with Crippen molar-refractivity contribution >= 4 is 21.4 Å². The summed E-state index contributed by atoms with van der Waals surface area (Å²) in [5.41, 5.74) is 2.95. The van der Waals surface area contributed by atoms with Crippen LogP contribution in [0.2, 0.25) is 5.02 Å². The predicted molar refractivity (Wildman–Crippen MR) is 151 cm³/mol. The lowest BCUT2D eigenvalue weighted by Crippen LogP contribution is -2.30. The summed E-state index contributed by atoms with van der Waals surface area (Å²) in [6, 6.07) is 30.9. The third-order valence-electron chi connectivity index (χ3n) is 6.31. The zero-order valence-corrected chi connectivity index (χ0v) is 22.9. The second kappa shape index (κ2) is 13.1. The van der Waals surface area contributed by atoms with Gasteiger partial charge in [0.15, 0.2) is 0 Å². The molecule has 38 heavy (non-hydrogen) atoms. The number of rotatable bonds is 12. The molecule has 4 rings (SSSR count). The number of hydrogen-bond donors (Lipinski definition) is 1. The lowest BCUT2D eigenvalue weighted by molar-refractivity contribution is 0.109. The molecule has 7 heteroatoms. The van der Waals surface area contributed by atoms with E-state index in [1.165, 1.54) is 0 Å². The molecule has 0 fully saturated rings. The number of benzene rings is 4. The summed E-state index contributed by atoms with van der Waals surface area (Å²) < 4.78 is 31.6. The van der Waals surface area contributed by atoms with Crippen molar-refractivity contribution in [2.75, 3.05) is 19.7 Å². The van der Waals surface area contributed by atoms with Gasteiger partial charge in [-0.2, -0.15) is 0 Å². The molecule has 0 radical (unpaired) electrons. The second-order valence-corrected chi connectivity index (χ2v) is 11.5. The van der Waals surface area contributed by atoms with E-state index in [-0.39, 0.29) is 9.79 Å². The van der Waals surface area contributed by atoms with Crippen molar-refractivity contribution in [3.8, 4) is 5.75 Å². The molecular weight excluding hydrogens is 518 g/mol. The van der Waals surface area contributed by atoms with Gasteiger partial charge in [-0.1, -0.05) is 66.2 Å². The smallest absolute Gasteiger partial charge is 0.206 e. The molecule has 0 bridgehead atoms. The SMILES string of the molecule is CCOc1ccc(S(=O)(=O)c2ccc(CCN(Cc3ccccc3)CC(O)c3cccc(Cl)c3)cc2)cc1. The van der Waals surface area contributed by atoms with Gasteiger partial charge < -0.3 is 9.84 Å². The standard InChI is InChI=1S/C31H32ClNO4S/c1-2-37-28-13-17-30(18-14-28)38(35,36)29-15-11-24(12-16-29)19-20-33(22-25-7-4-3-5-8-25)23-31(34)26-9-6-10-27(32)21-26/h3-18,21,31,34H,2,19-20,22-23H2,1H3. The summed E-state index contributed by atoms with van der Waals surface area (Å²) in [5, 5.41) is 11.5. The first-order chi connectivity index (χ1) is 18.3. The highest BCUT2D eigenvalue weighted by atomic mass is 35.5. The van der Waals surface area contributed by atoms with Crippen molar-refractivity contribution in [2.24, 2.45) is 0 Å². The molecule has 0 aliphatic carbocycles. The van der Waals surface area contributed by atoms with Crippen LogP contribution in [0, 0.1) is 0 Å². The van der Waals surface area contributed by atoms with E-state index in [1.807, 2.05) is 49.4 Å². The summed E-state index contributed by atoms with van der Waals surface area (Å²) in [7, 11) is -3.62. The second-order valence-electron chi connectivity index (χ2n) is 9.09. The highest BCUT2D eigenvalue weighted by Crippen LogP contribution is 2.24. The average molecular weight is 550 g/mol. The van der Waals surface area contributed by atoms with Gasteiger partial charge in [-0.05, 0) is 78.6 Å². The monoisotopic (exact) mass is 549 g/mol. The quantitative estimate of drug-likeness (QED) is 0.223. The lowest BCUT2D eigenvalue weighted by atomic mass is 10.1.